The van der Waals surface area contributed by atoms with Gasteiger partial charge in [0.25, 0.3) is 5.91 Å². The van der Waals surface area contributed by atoms with E-state index in [1.807, 2.05) is 19.1 Å². The van der Waals surface area contributed by atoms with Gasteiger partial charge in [0.1, 0.15) is 23.9 Å². The fourth-order valence-corrected chi connectivity index (χ4v) is 3.29. The van der Waals surface area contributed by atoms with E-state index in [9.17, 15) is 9.18 Å². The number of carbonyl (C=O) groups excluding carboxylic acids is 1. The first-order valence-corrected chi connectivity index (χ1v) is 9.92. The van der Waals surface area contributed by atoms with Crippen molar-refractivity contribution in [2.75, 3.05) is 5.32 Å². The summed E-state index contributed by atoms with van der Waals surface area (Å²) in [6, 6.07) is 16.8. The molecule has 0 bridgehead atoms. The zero-order chi connectivity index (χ0) is 21.8. The molecule has 8 heteroatoms. The second kappa shape index (κ2) is 9.06. The molecule has 0 radical (unpaired) electrons. The molecule has 6 nitrogen and oxygen atoms in total. The first kappa shape index (κ1) is 20.7. The molecular formula is C23H19ClFN3O3. The molecule has 0 aliphatic carbocycles. The summed E-state index contributed by atoms with van der Waals surface area (Å²) >= 11 is 6.15. The van der Waals surface area contributed by atoms with E-state index >= 15 is 0 Å². The van der Waals surface area contributed by atoms with E-state index in [0.29, 0.717) is 27.9 Å². The number of anilines is 1. The van der Waals surface area contributed by atoms with Crippen molar-refractivity contribution < 1.29 is 18.3 Å². The van der Waals surface area contributed by atoms with Crippen molar-refractivity contribution in [2.24, 2.45) is 0 Å². The molecule has 0 aliphatic rings. The second-order valence-electron chi connectivity index (χ2n) is 6.88. The van der Waals surface area contributed by atoms with Crippen LogP contribution in [0.15, 0.2) is 71.3 Å². The predicted octanol–water partition coefficient (Wildman–Crippen LogP) is 5.46. The Morgan fingerprint density at radius 2 is 2.00 bits per heavy atom. The predicted molar refractivity (Wildman–Crippen MR) is 115 cm³/mol. The van der Waals surface area contributed by atoms with Crippen LogP contribution in [0.1, 0.15) is 27.4 Å². The van der Waals surface area contributed by atoms with Crippen LogP contribution in [0, 0.1) is 12.7 Å². The van der Waals surface area contributed by atoms with Gasteiger partial charge in [-0.15, -0.1) is 0 Å². The smallest absolute Gasteiger partial charge is 0.292 e. The van der Waals surface area contributed by atoms with E-state index in [-0.39, 0.29) is 24.7 Å². The summed E-state index contributed by atoms with van der Waals surface area (Å²) in [7, 11) is 0. The number of para-hydroxylation sites is 1. The summed E-state index contributed by atoms with van der Waals surface area (Å²) in [4.78, 5) is 12.5. The zero-order valence-corrected chi connectivity index (χ0v) is 17.4. The summed E-state index contributed by atoms with van der Waals surface area (Å²) < 4.78 is 26.6. The van der Waals surface area contributed by atoms with Gasteiger partial charge in [0.05, 0.1) is 11.6 Å². The normalized spacial score (nSPS) is 10.8. The highest BCUT2D eigenvalue weighted by molar-refractivity contribution is 6.32. The minimum atomic E-state index is -0.448. The van der Waals surface area contributed by atoms with Crippen LogP contribution in [0.4, 0.5) is 10.2 Å². The average Bonchev–Trinajstić information content (AvgIpc) is 3.39. The Bertz CT molecular complexity index is 1200. The Kier molecular flexibility index (Phi) is 6.04. The van der Waals surface area contributed by atoms with Gasteiger partial charge in [-0.05, 0) is 36.8 Å². The number of benzene rings is 2. The van der Waals surface area contributed by atoms with Crippen LogP contribution in [0.3, 0.4) is 0 Å². The van der Waals surface area contributed by atoms with Gasteiger partial charge in [-0.2, -0.15) is 5.10 Å². The third-order valence-corrected chi connectivity index (χ3v) is 4.88. The molecule has 2 aromatic carbocycles. The maximum Gasteiger partial charge on any atom is 0.292 e. The summed E-state index contributed by atoms with van der Waals surface area (Å²) in [5, 5.41) is 7.43. The van der Waals surface area contributed by atoms with Crippen molar-refractivity contribution in [2.45, 2.75) is 20.1 Å². The topological polar surface area (TPSA) is 69.3 Å². The molecular weight excluding hydrogens is 421 g/mol. The lowest BCUT2D eigenvalue weighted by Crippen LogP contribution is -2.12. The Morgan fingerprint density at radius 3 is 2.81 bits per heavy atom. The molecule has 0 atom stereocenters. The monoisotopic (exact) mass is 439 g/mol. The molecule has 0 saturated carbocycles. The molecule has 2 aromatic heterocycles. The molecule has 4 aromatic rings. The van der Waals surface area contributed by atoms with E-state index in [2.05, 4.69) is 10.4 Å². The first-order valence-electron chi connectivity index (χ1n) is 9.54. The van der Waals surface area contributed by atoms with Crippen LogP contribution in [-0.2, 0) is 13.2 Å². The minimum Gasteiger partial charge on any atom is -0.484 e. The largest absolute Gasteiger partial charge is 0.484 e. The van der Waals surface area contributed by atoms with Crippen molar-refractivity contribution in [1.82, 2.24) is 9.78 Å². The van der Waals surface area contributed by atoms with Gasteiger partial charge >= 0.3 is 0 Å². The van der Waals surface area contributed by atoms with Crippen molar-refractivity contribution in [3.63, 3.8) is 0 Å². The van der Waals surface area contributed by atoms with E-state index in [4.69, 9.17) is 20.8 Å². The maximum absolute atomic E-state index is 13.8. The summed E-state index contributed by atoms with van der Waals surface area (Å²) in [6.45, 7) is 2.29. The number of nitrogens with one attached hydrogen (secondary N) is 1. The summed E-state index contributed by atoms with van der Waals surface area (Å²) in [6.07, 6.45) is 1.66. The van der Waals surface area contributed by atoms with Gasteiger partial charge in [0.15, 0.2) is 11.6 Å². The molecule has 0 fully saturated rings. The first-order chi connectivity index (χ1) is 15.0. The molecule has 31 heavy (non-hydrogen) atoms. The molecule has 0 aliphatic heterocycles. The van der Waals surface area contributed by atoms with Crippen molar-refractivity contribution in [3.05, 3.63) is 100 Å². The number of ether oxygens (including phenoxy) is 1. The van der Waals surface area contributed by atoms with Crippen LogP contribution in [0.5, 0.6) is 5.75 Å². The highest BCUT2D eigenvalue weighted by Crippen LogP contribution is 2.28. The van der Waals surface area contributed by atoms with Gasteiger partial charge in [-0.3, -0.25) is 9.48 Å². The average molecular weight is 440 g/mol. The number of amides is 1. The summed E-state index contributed by atoms with van der Waals surface area (Å²) in [5.41, 5.74) is 1.41. The molecule has 1 N–H and O–H groups in total. The Balaban J connectivity index is 1.36. The molecule has 4 rings (SSSR count). The molecule has 0 unspecified atom stereocenters. The lowest BCUT2D eigenvalue weighted by Gasteiger charge is -2.09. The standard InChI is InChI=1S/C23H19ClFN3O3/c1-15-5-4-7-18(24)22(15)30-14-17-9-10-20(31-17)23(29)26-21-11-12-28(27-21)13-16-6-2-3-8-19(16)25/h2-12H,13-14H2,1H3,(H,26,27,29). The third kappa shape index (κ3) is 4.95. The zero-order valence-electron chi connectivity index (χ0n) is 16.6. The lowest BCUT2D eigenvalue weighted by atomic mass is 10.2. The highest BCUT2D eigenvalue weighted by atomic mass is 35.5. The van der Waals surface area contributed by atoms with Crippen LogP contribution in [0.2, 0.25) is 5.02 Å². The van der Waals surface area contributed by atoms with E-state index < -0.39 is 5.91 Å². The van der Waals surface area contributed by atoms with Gasteiger partial charge in [0.2, 0.25) is 0 Å². The van der Waals surface area contributed by atoms with Crippen LogP contribution in [0.25, 0.3) is 0 Å². The van der Waals surface area contributed by atoms with Crippen molar-refractivity contribution in [1.29, 1.82) is 0 Å². The van der Waals surface area contributed by atoms with Gasteiger partial charge in [-0.25, -0.2) is 4.39 Å². The van der Waals surface area contributed by atoms with Crippen molar-refractivity contribution >= 4 is 23.3 Å². The molecule has 1 amide bonds. The number of halogens is 2. The van der Waals surface area contributed by atoms with Gasteiger partial charge in [0, 0.05) is 17.8 Å². The number of furan rings is 1. The Labute approximate surface area is 183 Å². The van der Waals surface area contributed by atoms with E-state index in [1.54, 1.807) is 53.3 Å². The number of nitrogens with zero attached hydrogens (tertiary/aromatic N) is 2. The van der Waals surface area contributed by atoms with Gasteiger partial charge in [-0.1, -0.05) is 41.9 Å². The fraction of sp³-hybridized carbons (Fsp3) is 0.130. The van der Waals surface area contributed by atoms with E-state index in [0.717, 1.165) is 5.56 Å². The van der Waals surface area contributed by atoms with Crippen molar-refractivity contribution in [3.8, 4) is 5.75 Å². The SMILES string of the molecule is Cc1cccc(Cl)c1OCc1ccc(C(=O)Nc2ccn(Cc3ccccc3F)n2)o1. The Hall–Kier alpha value is -3.58. The van der Waals surface area contributed by atoms with Gasteiger partial charge < -0.3 is 14.5 Å². The molecule has 0 saturated heterocycles. The Morgan fingerprint density at radius 1 is 1.16 bits per heavy atom. The number of carbonyl (C=O) groups is 1. The van der Waals surface area contributed by atoms with Crippen LogP contribution in [-0.4, -0.2) is 15.7 Å². The summed E-state index contributed by atoms with van der Waals surface area (Å²) in [5.74, 6) is 0.763. The van der Waals surface area contributed by atoms with E-state index in [1.165, 1.54) is 6.07 Å². The lowest BCUT2D eigenvalue weighted by molar-refractivity contribution is 0.0992. The minimum absolute atomic E-state index is 0.123. The third-order valence-electron chi connectivity index (χ3n) is 4.58. The van der Waals surface area contributed by atoms with Crippen LogP contribution < -0.4 is 10.1 Å². The maximum atomic E-state index is 13.8. The molecule has 2 heterocycles. The van der Waals surface area contributed by atoms with Crippen LogP contribution >= 0.6 is 11.6 Å². The number of rotatable bonds is 7. The second-order valence-corrected chi connectivity index (χ2v) is 7.29. The fourth-order valence-electron chi connectivity index (χ4n) is 3.02. The highest BCUT2D eigenvalue weighted by Gasteiger charge is 2.14. The quantitative estimate of drug-likeness (QED) is 0.415. The molecule has 158 valence electrons. The number of hydrogen-bond acceptors (Lipinski definition) is 4. The number of aromatic nitrogens is 2. The molecule has 0 spiro atoms. The number of aryl methyl sites for hydroxylation is 1. The number of hydrogen-bond donors (Lipinski definition) is 1.